The lowest BCUT2D eigenvalue weighted by Gasteiger charge is -2.37. The summed E-state index contributed by atoms with van der Waals surface area (Å²) >= 11 is 1.23. The molecule has 0 spiro atoms. The Hall–Kier alpha value is -3.25. The Balaban J connectivity index is 0.000000781. The monoisotopic (exact) mass is 553 g/mol. The van der Waals surface area contributed by atoms with Gasteiger partial charge in [0.1, 0.15) is 16.7 Å². The quantitative estimate of drug-likeness (QED) is 0.309. The lowest BCUT2D eigenvalue weighted by atomic mass is 10.2. The van der Waals surface area contributed by atoms with Gasteiger partial charge in [0.2, 0.25) is 0 Å². The van der Waals surface area contributed by atoms with E-state index in [1.54, 1.807) is 11.4 Å². The molecular weight excluding hydrogens is 512 g/mol. The maximum atomic E-state index is 13.0. The fraction of sp³-hybridized carbons (Fsp3) is 0.577. The van der Waals surface area contributed by atoms with Gasteiger partial charge in [-0.25, -0.2) is 4.79 Å². The van der Waals surface area contributed by atoms with Crippen LogP contribution in [0.2, 0.25) is 0 Å². The summed E-state index contributed by atoms with van der Waals surface area (Å²) in [5, 5.41) is 11.1. The summed E-state index contributed by atoms with van der Waals surface area (Å²) in [4.78, 5) is 48.1. The predicted molar refractivity (Wildman–Crippen MR) is 146 cm³/mol. The van der Waals surface area contributed by atoms with Crippen LogP contribution in [0.1, 0.15) is 69.6 Å². The van der Waals surface area contributed by atoms with E-state index in [2.05, 4.69) is 15.8 Å². The maximum absolute atomic E-state index is 13.0. The first-order valence-corrected chi connectivity index (χ1v) is 13.3. The Morgan fingerprint density at radius 2 is 1.63 bits per heavy atom. The molecule has 2 rings (SSSR count). The van der Waals surface area contributed by atoms with Gasteiger partial charge < -0.3 is 29.1 Å². The number of aryl methyl sites for hydroxylation is 1. The number of nitrogens with one attached hydrogen (secondary N) is 2. The van der Waals surface area contributed by atoms with Gasteiger partial charge in [-0.1, -0.05) is 19.0 Å². The molecule has 0 aliphatic rings. The molecule has 2 amide bonds. The lowest BCUT2D eigenvalue weighted by Crippen LogP contribution is -2.56. The van der Waals surface area contributed by atoms with Crippen LogP contribution in [0.4, 0.5) is 11.5 Å². The van der Waals surface area contributed by atoms with Crippen LogP contribution in [0.25, 0.3) is 0 Å². The molecule has 0 saturated heterocycles. The van der Waals surface area contributed by atoms with E-state index in [-0.39, 0.29) is 36.5 Å². The summed E-state index contributed by atoms with van der Waals surface area (Å²) in [7, 11) is 1.31. The number of quaternary nitrogens is 1. The Kier molecular flexibility index (Phi) is 13.1. The van der Waals surface area contributed by atoms with Crippen LogP contribution in [0, 0.1) is 6.92 Å². The van der Waals surface area contributed by atoms with Gasteiger partial charge in [0, 0.05) is 13.0 Å². The van der Waals surface area contributed by atoms with E-state index in [1.165, 1.54) is 31.6 Å². The molecule has 11 nitrogen and oxygen atoms in total. The third-order valence-electron chi connectivity index (χ3n) is 5.12. The molecule has 0 unspecified atom stereocenters. The highest BCUT2D eigenvalue weighted by Crippen LogP contribution is 2.28. The summed E-state index contributed by atoms with van der Waals surface area (Å²) in [5.41, 5.74) is 0.933. The second kappa shape index (κ2) is 15.2. The number of ether oxygens (including phenoxy) is 2. The number of esters is 2. The van der Waals surface area contributed by atoms with Crippen molar-refractivity contribution >= 4 is 46.6 Å². The average Bonchev–Trinajstić information content (AvgIpc) is 3.42. The minimum atomic E-state index is -0.488. The zero-order valence-electron chi connectivity index (χ0n) is 23.6. The van der Waals surface area contributed by atoms with Crippen LogP contribution >= 0.6 is 11.3 Å². The second-order valence-electron chi connectivity index (χ2n) is 9.91. The smallest absolute Gasteiger partial charge is 0.350 e. The van der Waals surface area contributed by atoms with Crippen molar-refractivity contribution in [1.29, 1.82) is 0 Å². The molecule has 12 heteroatoms. The van der Waals surface area contributed by atoms with Gasteiger partial charge >= 0.3 is 11.9 Å². The van der Waals surface area contributed by atoms with Crippen molar-refractivity contribution in [3.63, 3.8) is 0 Å². The Labute approximate surface area is 228 Å². The number of rotatable bonds is 11. The molecule has 0 saturated carbocycles. The molecule has 0 bridgehead atoms. The summed E-state index contributed by atoms with van der Waals surface area (Å²) in [6.07, 6.45) is 3.01. The highest BCUT2D eigenvalue weighted by Gasteiger charge is 2.33. The van der Waals surface area contributed by atoms with E-state index >= 15 is 0 Å². The van der Waals surface area contributed by atoms with Crippen molar-refractivity contribution in [2.45, 2.75) is 66.9 Å². The molecule has 0 aromatic carbocycles. The van der Waals surface area contributed by atoms with Gasteiger partial charge in [-0.3, -0.25) is 14.4 Å². The first kappa shape index (κ1) is 32.8. The van der Waals surface area contributed by atoms with Crippen LogP contribution in [-0.4, -0.2) is 72.3 Å². The number of hydrogen-bond donors (Lipinski definition) is 2. The Morgan fingerprint density at radius 3 is 2.05 bits per heavy atom. The number of carbonyl (C=O) groups excluding carboxylic acids is 4. The van der Waals surface area contributed by atoms with Crippen molar-refractivity contribution < 1.29 is 37.7 Å². The first-order chi connectivity index (χ1) is 17.8. The van der Waals surface area contributed by atoms with Crippen LogP contribution in [0.5, 0.6) is 0 Å². The molecule has 38 heavy (non-hydrogen) atoms. The van der Waals surface area contributed by atoms with Gasteiger partial charge in [-0.15, -0.1) is 11.3 Å². The van der Waals surface area contributed by atoms with Gasteiger partial charge in [-0.05, 0) is 51.5 Å². The van der Waals surface area contributed by atoms with Crippen molar-refractivity contribution in [3.05, 3.63) is 28.2 Å². The minimum Gasteiger partial charge on any atom is -0.465 e. The molecule has 212 valence electrons. The molecule has 0 aliphatic heterocycles. The van der Waals surface area contributed by atoms with Crippen molar-refractivity contribution in [2.24, 2.45) is 0 Å². The van der Waals surface area contributed by atoms with Crippen molar-refractivity contribution in [1.82, 2.24) is 5.16 Å². The molecule has 0 aliphatic carbocycles. The molecule has 2 heterocycles. The molecule has 0 fully saturated rings. The third-order valence-corrected chi connectivity index (χ3v) is 6.20. The van der Waals surface area contributed by atoms with Gasteiger partial charge in [0.15, 0.2) is 18.9 Å². The van der Waals surface area contributed by atoms with E-state index in [1.807, 2.05) is 41.5 Å². The fourth-order valence-corrected chi connectivity index (χ4v) is 4.88. The Morgan fingerprint density at radius 1 is 1.05 bits per heavy atom. The summed E-state index contributed by atoms with van der Waals surface area (Å²) in [5.74, 6) is -0.860. The van der Waals surface area contributed by atoms with E-state index in [9.17, 15) is 19.2 Å². The zero-order chi connectivity index (χ0) is 28.9. The molecular formula is C26H41N4O7S+. The number of nitrogens with zero attached hydrogens (tertiary/aromatic N) is 2. The number of thiophene rings is 1. The fourth-order valence-electron chi connectivity index (χ4n) is 3.95. The van der Waals surface area contributed by atoms with Crippen LogP contribution in [0.15, 0.2) is 22.2 Å². The highest BCUT2D eigenvalue weighted by atomic mass is 32.1. The predicted octanol–water partition coefficient (Wildman–Crippen LogP) is 4.39. The molecule has 2 aromatic heterocycles. The largest absolute Gasteiger partial charge is 0.465 e. The standard InChI is InChI=1S/C20H28N4O5S.C6H12O2/c1-5-8-24(9-6-2,11-16(25)21-15-7-10-29-23-15)12-17(26)22-18-14(3)13-30-19(18)20(27)28-4;1-5(7)8-6(2,3)4/h7,10,13H,5-6,8-9,11-12H2,1-4H3,(H-,21,22,23,25,26,27);1-4H3/p+1. The zero-order valence-corrected chi connectivity index (χ0v) is 24.5. The van der Waals surface area contributed by atoms with Gasteiger partial charge in [0.25, 0.3) is 11.8 Å². The minimum absolute atomic E-state index is 0.115. The summed E-state index contributed by atoms with van der Waals surface area (Å²) in [6, 6.07) is 1.56. The number of amides is 2. The van der Waals surface area contributed by atoms with E-state index < -0.39 is 5.97 Å². The summed E-state index contributed by atoms with van der Waals surface area (Å²) < 4.78 is 14.6. The average molecular weight is 554 g/mol. The lowest BCUT2D eigenvalue weighted by molar-refractivity contribution is -0.913. The van der Waals surface area contributed by atoms with E-state index in [0.717, 1.165) is 18.4 Å². The maximum Gasteiger partial charge on any atom is 0.350 e. The molecule has 0 atom stereocenters. The second-order valence-corrected chi connectivity index (χ2v) is 10.8. The molecule has 2 N–H and O–H groups in total. The van der Waals surface area contributed by atoms with Crippen LogP contribution < -0.4 is 10.6 Å². The van der Waals surface area contributed by atoms with Gasteiger partial charge in [-0.2, -0.15) is 0 Å². The van der Waals surface area contributed by atoms with Crippen molar-refractivity contribution in [3.8, 4) is 0 Å². The summed E-state index contributed by atoms with van der Waals surface area (Å²) in [6.45, 7) is 14.4. The molecule has 0 radical (unpaired) electrons. The topological polar surface area (TPSA) is 137 Å². The van der Waals surface area contributed by atoms with Crippen LogP contribution in [-0.2, 0) is 23.9 Å². The Bertz CT molecular complexity index is 1050. The number of hydrogen-bond acceptors (Lipinski definition) is 9. The van der Waals surface area contributed by atoms with Gasteiger partial charge in [0.05, 0.1) is 25.9 Å². The number of aromatic nitrogens is 1. The van der Waals surface area contributed by atoms with E-state index in [4.69, 9.17) is 14.0 Å². The van der Waals surface area contributed by atoms with Crippen molar-refractivity contribution in [2.75, 3.05) is 43.9 Å². The highest BCUT2D eigenvalue weighted by molar-refractivity contribution is 7.12. The number of anilines is 2. The molecule has 2 aromatic rings. The normalized spacial score (nSPS) is 11.2. The number of methoxy groups -OCH3 is 1. The third kappa shape index (κ3) is 11.4. The van der Waals surface area contributed by atoms with E-state index in [0.29, 0.717) is 34.0 Å². The number of carbonyl (C=O) groups is 4. The first-order valence-electron chi connectivity index (χ1n) is 12.5. The SMILES string of the molecule is CC(=O)OC(C)(C)C.CCC[N+](CCC)(CC(=O)Nc1ccon1)CC(=O)Nc1c(C)csc1C(=O)OC. The van der Waals surface area contributed by atoms with Crippen LogP contribution in [0.3, 0.4) is 0 Å².